The lowest BCUT2D eigenvalue weighted by molar-refractivity contribution is 0.134. The van der Waals surface area contributed by atoms with E-state index in [1.54, 1.807) is 0 Å². The highest BCUT2D eigenvalue weighted by atomic mass is 15.2. The number of hydrogen-bond acceptors (Lipinski definition) is 2. The van der Waals surface area contributed by atoms with Crippen molar-refractivity contribution < 1.29 is 0 Å². The van der Waals surface area contributed by atoms with E-state index < -0.39 is 0 Å². The van der Waals surface area contributed by atoms with E-state index in [1.807, 2.05) is 0 Å². The summed E-state index contributed by atoms with van der Waals surface area (Å²) in [6, 6.07) is 1.92. The predicted octanol–water partition coefficient (Wildman–Crippen LogP) is 2.77. The maximum atomic E-state index is 5.93. The van der Waals surface area contributed by atoms with Crippen molar-refractivity contribution in [2.45, 2.75) is 76.9 Å². The van der Waals surface area contributed by atoms with Gasteiger partial charge in [-0.3, -0.25) is 4.90 Å². The van der Waals surface area contributed by atoms with E-state index in [0.29, 0.717) is 12.1 Å². The minimum absolute atomic E-state index is 0.347. The van der Waals surface area contributed by atoms with Crippen LogP contribution in [0.1, 0.15) is 58.8 Å². The Kier molecular flexibility index (Phi) is 4.26. The molecule has 1 saturated heterocycles. The summed E-state index contributed by atoms with van der Waals surface area (Å²) in [6.07, 6.45) is 9.90. The Morgan fingerprint density at radius 2 is 1.81 bits per heavy atom. The van der Waals surface area contributed by atoms with Crippen molar-refractivity contribution >= 4 is 0 Å². The van der Waals surface area contributed by atoms with Gasteiger partial charge in [0.15, 0.2) is 0 Å². The molecule has 1 saturated carbocycles. The fourth-order valence-corrected chi connectivity index (χ4v) is 3.88. The van der Waals surface area contributed by atoms with E-state index in [4.69, 9.17) is 5.73 Å². The average molecular weight is 224 g/mol. The summed E-state index contributed by atoms with van der Waals surface area (Å²) in [7, 11) is 0. The van der Waals surface area contributed by atoms with Crippen LogP contribution in [0.15, 0.2) is 0 Å². The lowest BCUT2D eigenvalue weighted by atomic mass is 9.94. The largest absolute Gasteiger partial charge is 0.328 e. The van der Waals surface area contributed by atoms with Crippen molar-refractivity contribution in [1.29, 1.82) is 0 Å². The van der Waals surface area contributed by atoms with Gasteiger partial charge < -0.3 is 5.73 Å². The van der Waals surface area contributed by atoms with Crippen molar-refractivity contribution in [1.82, 2.24) is 4.90 Å². The minimum Gasteiger partial charge on any atom is -0.328 e. The van der Waals surface area contributed by atoms with Crippen LogP contribution in [0.25, 0.3) is 0 Å². The molecular formula is C14H28N2. The quantitative estimate of drug-likeness (QED) is 0.795. The SMILES string of the molecule is CC(N)CC(C)N1CCCC1C1CCCC1. The number of nitrogens with zero attached hydrogens (tertiary/aromatic N) is 1. The zero-order chi connectivity index (χ0) is 11.5. The molecule has 2 heteroatoms. The van der Waals surface area contributed by atoms with Crippen molar-refractivity contribution in [2.75, 3.05) is 6.54 Å². The highest BCUT2D eigenvalue weighted by Crippen LogP contribution is 2.36. The van der Waals surface area contributed by atoms with Gasteiger partial charge in [0.25, 0.3) is 0 Å². The van der Waals surface area contributed by atoms with Gasteiger partial charge in [0.2, 0.25) is 0 Å². The second kappa shape index (κ2) is 5.50. The first kappa shape index (κ1) is 12.4. The third kappa shape index (κ3) is 2.78. The molecule has 0 spiro atoms. The molecule has 3 atom stereocenters. The van der Waals surface area contributed by atoms with Crippen LogP contribution < -0.4 is 5.73 Å². The zero-order valence-corrected chi connectivity index (χ0v) is 11.0. The normalized spacial score (nSPS) is 32.1. The molecule has 2 aliphatic rings. The molecule has 2 rings (SSSR count). The van der Waals surface area contributed by atoms with Gasteiger partial charge in [-0.15, -0.1) is 0 Å². The molecule has 2 nitrogen and oxygen atoms in total. The first-order chi connectivity index (χ1) is 7.68. The Morgan fingerprint density at radius 3 is 2.44 bits per heavy atom. The van der Waals surface area contributed by atoms with Crippen LogP contribution in [0, 0.1) is 5.92 Å². The van der Waals surface area contributed by atoms with Gasteiger partial charge in [0, 0.05) is 18.1 Å². The molecule has 0 aromatic carbocycles. The smallest absolute Gasteiger partial charge is 0.0127 e. The summed E-state index contributed by atoms with van der Waals surface area (Å²) >= 11 is 0. The first-order valence-electron chi connectivity index (χ1n) is 7.20. The van der Waals surface area contributed by atoms with Crippen LogP contribution in [0.3, 0.4) is 0 Å². The Labute approximate surface area is 101 Å². The highest BCUT2D eigenvalue weighted by molar-refractivity contribution is 4.90. The van der Waals surface area contributed by atoms with Gasteiger partial charge in [-0.05, 0) is 58.4 Å². The standard InChI is InChI=1S/C14H28N2/c1-11(15)10-12(2)16-9-5-8-14(16)13-6-3-4-7-13/h11-14H,3-10,15H2,1-2H3. The van der Waals surface area contributed by atoms with Gasteiger partial charge in [-0.1, -0.05) is 12.8 Å². The van der Waals surface area contributed by atoms with Gasteiger partial charge in [-0.25, -0.2) is 0 Å². The Balaban J connectivity index is 1.91. The van der Waals surface area contributed by atoms with E-state index in [1.165, 1.54) is 45.1 Å². The van der Waals surface area contributed by atoms with Crippen LogP contribution in [0.5, 0.6) is 0 Å². The molecule has 0 aromatic rings. The van der Waals surface area contributed by atoms with Crippen LogP contribution >= 0.6 is 0 Å². The van der Waals surface area contributed by atoms with Crippen molar-refractivity contribution in [3.8, 4) is 0 Å². The molecule has 0 amide bonds. The molecule has 0 bridgehead atoms. The molecule has 0 aromatic heterocycles. The van der Waals surface area contributed by atoms with Gasteiger partial charge in [0.1, 0.15) is 0 Å². The molecule has 3 unspecified atom stereocenters. The maximum absolute atomic E-state index is 5.93. The second-order valence-electron chi connectivity index (χ2n) is 6.05. The van der Waals surface area contributed by atoms with E-state index >= 15 is 0 Å². The van der Waals surface area contributed by atoms with Crippen molar-refractivity contribution in [3.05, 3.63) is 0 Å². The van der Waals surface area contributed by atoms with Crippen molar-refractivity contribution in [3.63, 3.8) is 0 Å². The number of hydrogen-bond donors (Lipinski definition) is 1. The molecule has 1 aliphatic carbocycles. The number of rotatable bonds is 4. The molecule has 16 heavy (non-hydrogen) atoms. The molecule has 1 aliphatic heterocycles. The third-order valence-electron chi connectivity index (χ3n) is 4.57. The fraction of sp³-hybridized carbons (Fsp3) is 1.00. The number of nitrogens with two attached hydrogens (primary N) is 1. The van der Waals surface area contributed by atoms with Crippen LogP contribution in [0.4, 0.5) is 0 Å². The second-order valence-corrected chi connectivity index (χ2v) is 6.05. The van der Waals surface area contributed by atoms with Gasteiger partial charge in [0.05, 0.1) is 0 Å². The van der Waals surface area contributed by atoms with E-state index in [0.717, 1.165) is 18.4 Å². The van der Waals surface area contributed by atoms with Gasteiger partial charge >= 0.3 is 0 Å². The molecule has 1 heterocycles. The molecule has 94 valence electrons. The number of likely N-dealkylation sites (tertiary alicyclic amines) is 1. The predicted molar refractivity (Wildman–Crippen MR) is 69.4 cm³/mol. The summed E-state index contributed by atoms with van der Waals surface area (Å²) in [5.41, 5.74) is 5.93. The lowest BCUT2D eigenvalue weighted by Gasteiger charge is -2.35. The average Bonchev–Trinajstić information content (AvgIpc) is 2.87. The summed E-state index contributed by atoms with van der Waals surface area (Å²) in [4.78, 5) is 2.76. The Hall–Kier alpha value is -0.0800. The third-order valence-corrected chi connectivity index (χ3v) is 4.57. The molecular weight excluding hydrogens is 196 g/mol. The first-order valence-corrected chi connectivity index (χ1v) is 7.20. The van der Waals surface area contributed by atoms with Crippen molar-refractivity contribution in [2.24, 2.45) is 11.7 Å². The summed E-state index contributed by atoms with van der Waals surface area (Å²) in [5, 5.41) is 0. The molecule has 2 N–H and O–H groups in total. The lowest BCUT2D eigenvalue weighted by Crippen LogP contribution is -2.43. The van der Waals surface area contributed by atoms with Crippen LogP contribution in [-0.4, -0.2) is 29.6 Å². The summed E-state index contributed by atoms with van der Waals surface area (Å²) in [6.45, 7) is 5.82. The summed E-state index contributed by atoms with van der Waals surface area (Å²) < 4.78 is 0. The molecule has 0 radical (unpaired) electrons. The van der Waals surface area contributed by atoms with Crippen LogP contribution in [0.2, 0.25) is 0 Å². The Bertz CT molecular complexity index is 209. The monoisotopic (exact) mass is 224 g/mol. The topological polar surface area (TPSA) is 29.3 Å². The summed E-state index contributed by atoms with van der Waals surface area (Å²) in [5.74, 6) is 0.998. The van der Waals surface area contributed by atoms with E-state index in [2.05, 4.69) is 18.7 Å². The fourth-order valence-electron chi connectivity index (χ4n) is 3.88. The van der Waals surface area contributed by atoms with Gasteiger partial charge in [-0.2, -0.15) is 0 Å². The van der Waals surface area contributed by atoms with Crippen LogP contribution in [-0.2, 0) is 0 Å². The maximum Gasteiger partial charge on any atom is 0.0127 e. The Morgan fingerprint density at radius 1 is 1.12 bits per heavy atom. The molecule has 2 fully saturated rings. The minimum atomic E-state index is 0.347. The zero-order valence-electron chi connectivity index (χ0n) is 11.0. The highest BCUT2D eigenvalue weighted by Gasteiger charge is 2.35. The van der Waals surface area contributed by atoms with E-state index in [9.17, 15) is 0 Å². The van der Waals surface area contributed by atoms with E-state index in [-0.39, 0.29) is 0 Å².